The number of aromatic nitrogens is 2. The molecule has 162 valence electrons. The van der Waals surface area contributed by atoms with Crippen LogP contribution in [0.25, 0.3) is 0 Å². The molecule has 0 radical (unpaired) electrons. The minimum Gasteiger partial charge on any atom is -0.491 e. The maximum absolute atomic E-state index is 14.9. The zero-order chi connectivity index (χ0) is 21.6. The lowest BCUT2D eigenvalue weighted by molar-refractivity contribution is -0.137. The Morgan fingerprint density at radius 2 is 2.03 bits per heavy atom. The van der Waals surface area contributed by atoms with Gasteiger partial charge in [-0.25, -0.2) is 17.9 Å². The van der Waals surface area contributed by atoms with Crippen molar-refractivity contribution in [3.63, 3.8) is 0 Å². The summed E-state index contributed by atoms with van der Waals surface area (Å²) in [6.07, 6.45) is -10.6. The van der Waals surface area contributed by atoms with Crippen LogP contribution >= 0.6 is 0 Å². The smallest absolute Gasteiger partial charge is 0.416 e. The van der Waals surface area contributed by atoms with Gasteiger partial charge in [-0.15, -0.1) is 0 Å². The van der Waals surface area contributed by atoms with Crippen LogP contribution in [0.4, 0.5) is 26.3 Å². The molecule has 30 heavy (non-hydrogen) atoms. The lowest BCUT2D eigenvalue weighted by Gasteiger charge is -2.29. The fourth-order valence-electron chi connectivity index (χ4n) is 3.32. The summed E-state index contributed by atoms with van der Waals surface area (Å²) < 4.78 is 90.8. The predicted molar refractivity (Wildman–Crippen MR) is 89.3 cm³/mol. The Labute approximate surface area is 165 Å². The first kappa shape index (κ1) is 20.4. The molecule has 6 nitrogen and oxygen atoms in total. The molecule has 1 aromatic heterocycles. The van der Waals surface area contributed by atoms with Crippen LogP contribution in [0.15, 0.2) is 24.3 Å². The quantitative estimate of drug-likeness (QED) is 0.750. The van der Waals surface area contributed by atoms with Gasteiger partial charge in [0.25, 0.3) is 12.3 Å². The standard InChI is InChI=1S/C18H15F6N3O3/c19-15-9-5-8(18(22,23)24)1-2-12(9)29-7-11(15)25-17(28)10-6-14-27(26-10)4-3-13(30-14)16(20)21/h1-2,5-6,11,13,15-16H,3-4,7H2,(H,25,28)/t11-,13+,15?/m0/s1. The van der Waals surface area contributed by atoms with Crippen molar-refractivity contribution < 1.29 is 40.6 Å². The van der Waals surface area contributed by atoms with E-state index < -0.39 is 42.4 Å². The Balaban J connectivity index is 1.49. The van der Waals surface area contributed by atoms with Crippen LogP contribution in [0.2, 0.25) is 0 Å². The number of hydrogen-bond acceptors (Lipinski definition) is 4. The van der Waals surface area contributed by atoms with Crippen molar-refractivity contribution >= 4 is 5.91 Å². The zero-order valence-electron chi connectivity index (χ0n) is 15.1. The van der Waals surface area contributed by atoms with E-state index in [9.17, 15) is 31.1 Å². The second-order valence-electron chi connectivity index (χ2n) is 6.91. The number of halogens is 6. The number of fused-ring (bicyclic) bond motifs is 2. The number of hydrogen-bond donors (Lipinski definition) is 1. The van der Waals surface area contributed by atoms with E-state index in [-0.39, 0.29) is 42.5 Å². The van der Waals surface area contributed by atoms with Crippen LogP contribution in [0, 0.1) is 0 Å². The van der Waals surface area contributed by atoms with Crippen molar-refractivity contribution in [2.24, 2.45) is 0 Å². The molecule has 1 N–H and O–H groups in total. The maximum Gasteiger partial charge on any atom is 0.416 e. The molecular formula is C18H15F6N3O3. The van der Waals surface area contributed by atoms with E-state index in [2.05, 4.69) is 10.4 Å². The topological polar surface area (TPSA) is 65.4 Å². The van der Waals surface area contributed by atoms with Crippen molar-refractivity contribution in [1.82, 2.24) is 15.1 Å². The van der Waals surface area contributed by atoms with E-state index in [1.54, 1.807) is 0 Å². The lowest BCUT2D eigenvalue weighted by Crippen LogP contribution is -2.44. The molecule has 4 rings (SSSR count). The van der Waals surface area contributed by atoms with Gasteiger partial charge in [-0.3, -0.25) is 4.79 Å². The summed E-state index contributed by atoms with van der Waals surface area (Å²) in [5, 5.41) is 6.28. The number of alkyl halides is 6. The molecule has 0 aliphatic carbocycles. The van der Waals surface area contributed by atoms with Gasteiger partial charge in [0.2, 0.25) is 5.88 Å². The maximum atomic E-state index is 14.9. The number of rotatable bonds is 3. The van der Waals surface area contributed by atoms with Crippen LogP contribution in [-0.2, 0) is 12.7 Å². The molecule has 3 atom stereocenters. The van der Waals surface area contributed by atoms with Crippen molar-refractivity contribution in [2.45, 2.75) is 43.9 Å². The fourth-order valence-corrected chi connectivity index (χ4v) is 3.32. The third-order valence-corrected chi connectivity index (χ3v) is 4.88. The minimum absolute atomic E-state index is 0.00868. The molecule has 0 fully saturated rings. The average molecular weight is 435 g/mol. The van der Waals surface area contributed by atoms with E-state index >= 15 is 0 Å². The van der Waals surface area contributed by atoms with E-state index in [0.29, 0.717) is 6.07 Å². The SMILES string of the molecule is O=C(N[C@H]1COc2ccc(C(F)(F)F)cc2C1F)c1cc2n(n1)CC[C@H](C(F)F)O2. The fraction of sp³-hybridized carbons (Fsp3) is 0.444. The van der Waals surface area contributed by atoms with Gasteiger partial charge in [0.1, 0.15) is 12.4 Å². The van der Waals surface area contributed by atoms with Gasteiger partial charge in [-0.1, -0.05) is 0 Å². The molecule has 0 spiro atoms. The normalized spacial score (nSPS) is 23.2. The summed E-state index contributed by atoms with van der Waals surface area (Å²) in [5.41, 5.74) is -1.55. The number of carbonyl (C=O) groups excluding carboxylic acids is 1. The number of carbonyl (C=O) groups is 1. The molecule has 12 heteroatoms. The summed E-state index contributed by atoms with van der Waals surface area (Å²) in [5.74, 6) is -0.890. The Kier molecular flexibility index (Phi) is 5.02. The van der Waals surface area contributed by atoms with Crippen molar-refractivity contribution in [3.05, 3.63) is 41.1 Å². The highest BCUT2D eigenvalue weighted by Crippen LogP contribution is 2.39. The van der Waals surface area contributed by atoms with Gasteiger partial charge in [-0.2, -0.15) is 18.3 Å². The summed E-state index contributed by atoms with van der Waals surface area (Å²) >= 11 is 0. The van der Waals surface area contributed by atoms with Gasteiger partial charge in [-0.05, 0) is 18.2 Å². The first-order valence-corrected chi connectivity index (χ1v) is 8.95. The number of nitrogens with one attached hydrogen (secondary N) is 1. The average Bonchev–Trinajstić information content (AvgIpc) is 3.12. The Hall–Kier alpha value is -2.92. The monoisotopic (exact) mass is 435 g/mol. The number of aryl methyl sites for hydroxylation is 1. The molecule has 2 aromatic rings. The second kappa shape index (κ2) is 7.40. The van der Waals surface area contributed by atoms with E-state index in [4.69, 9.17) is 9.47 Å². The molecule has 1 amide bonds. The predicted octanol–water partition coefficient (Wildman–Crippen LogP) is 3.52. The lowest BCUT2D eigenvalue weighted by atomic mass is 9.98. The van der Waals surface area contributed by atoms with E-state index in [1.165, 1.54) is 4.68 Å². The Morgan fingerprint density at radius 3 is 2.73 bits per heavy atom. The van der Waals surface area contributed by atoms with Crippen LogP contribution < -0.4 is 14.8 Å². The number of amides is 1. The summed E-state index contributed by atoms with van der Waals surface area (Å²) in [6.45, 7) is -0.188. The molecule has 1 unspecified atom stereocenters. The van der Waals surface area contributed by atoms with Crippen LogP contribution in [0.5, 0.6) is 11.6 Å². The molecule has 0 bridgehead atoms. The number of ether oxygens (including phenoxy) is 2. The summed E-state index contributed by atoms with van der Waals surface area (Å²) in [7, 11) is 0. The highest BCUT2D eigenvalue weighted by atomic mass is 19.4. The molecule has 0 saturated heterocycles. The van der Waals surface area contributed by atoms with Crippen molar-refractivity contribution in [3.8, 4) is 11.6 Å². The minimum atomic E-state index is -4.66. The third kappa shape index (κ3) is 3.77. The van der Waals surface area contributed by atoms with Crippen molar-refractivity contribution in [1.29, 1.82) is 0 Å². The second-order valence-corrected chi connectivity index (χ2v) is 6.91. The molecule has 2 aliphatic heterocycles. The molecule has 1 aromatic carbocycles. The van der Waals surface area contributed by atoms with E-state index in [0.717, 1.165) is 18.2 Å². The van der Waals surface area contributed by atoms with Crippen molar-refractivity contribution in [2.75, 3.05) is 6.61 Å². The Bertz CT molecular complexity index is 961. The van der Waals surface area contributed by atoms with Gasteiger partial charge in [0.15, 0.2) is 18.0 Å². The Morgan fingerprint density at radius 1 is 1.27 bits per heavy atom. The van der Waals surface area contributed by atoms with Crippen LogP contribution in [0.3, 0.4) is 0 Å². The first-order chi connectivity index (χ1) is 14.1. The molecule has 3 heterocycles. The summed E-state index contributed by atoms with van der Waals surface area (Å²) in [4.78, 5) is 12.4. The largest absolute Gasteiger partial charge is 0.491 e. The molecular weight excluding hydrogens is 420 g/mol. The number of benzene rings is 1. The first-order valence-electron chi connectivity index (χ1n) is 8.95. The van der Waals surface area contributed by atoms with Crippen LogP contribution in [0.1, 0.15) is 34.2 Å². The van der Waals surface area contributed by atoms with Crippen LogP contribution in [-0.4, -0.2) is 40.9 Å². The molecule has 0 saturated carbocycles. The van der Waals surface area contributed by atoms with Gasteiger partial charge in [0.05, 0.1) is 11.6 Å². The number of nitrogens with zero attached hydrogens (tertiary/aromatic N) is 2. The van der Waals surface area contributed by atoms with E-state index in [1.807, 2.05) is 0 Å². The molecule has 2 aliphatic rings. The van der Waals surface area contributed by atoms with Gasteiger partial charge in [0, 0.05) is 24.6 Å². The zero-order valence-corrected chi connectivity index (χ0v) is 15.1. The highest BCUT2D eigenvalue weighted by molar-refractivity contribution is 5.92. The van der Waals surface area contributed by atoms with Gasteiger partial charge < -0.3 is 14.8 Å². The highest BCUT2D eigenvalue weighted by Gasteiger charge is 2.37. The van der Waals surface area contributed by atoms with Gasteiger partial charge >= 0.3 is 6.18 Å². The summed E-state index contributed by atoms with van der Waals surface area (Å²) in [6, 6.07) is 2.35. The third-order valence-electron chi connectivity index (χ3n) is 4.88.